The van der Waals surface area contributed by atoms with E-state index in [1.807, 2.05) is 60.5 Å². The number of nitrogens with one attached hydrogen (secondary N) is 3. The van der Waals surface area contributed by atoms with Crippen LogP contribution in [0.1, 0.15) is 26.5 Å². The average Bonchev–Trinajstić information content (AvgIpc) is 3.59. The van der Waals surface area contributed by atoms with Crippen molar-refractivity contribution in [1.29, 1.82) is 0 Å². The summed E-state index contributed by atoms with van der Waals surface area (Å²) in [5.41, 5.74) is 2.51. The highest BCUT2D eigenvalue weighted by Crippen LogP contribution is 2.29. The molecule has 206 valence electrons. The third kappa shape index (κ3) is 7.15. The van der Waals surface area contributed by atoms with Gasteiger partial charge in [-0.15, -0.1) is 5.10 Å². The van der Waals surface area contributed by atoms with Crippen LogP contribution in [0, 0.1) is 12.3 Å². The Morgan fingerprint density at radius 2 is 2.03 bits per heavy atom. The maximum absolute atomic E-state index is 12.6. The summed E-state index contributed by atoms with van der Waals surface area (Å²) < 4.78 is 7.66. The zero-order chi connectivity index (χ0) is 27.6. The fourth-order valence-corrected chi connectivity index (χ4v) is 5.00. The number of ether oxygens (including phenoxy) is 1. The van der Waals surface area contributed by atoms with Crippen LogP contribution < -0.4 is 10.6 Å². The van der Waals surface area contributed by atoms with Gasteiger partial charge in [-0.2, -0.15) is 5.10 Å². The monoisotopic (exact) mass is 550 g/mol. The molecule has 4 aromatic rings. The van der Waals surface area contributed by atoms with Crippen molar-refractivity contribution < 1.29 is 14.6 Å². The fraction of sp³-hybridized carbons (Fsp3) is 0.407. The van der Waals surface area contributed by atoms with Gasteiger partial charge in [0.05, 0.1) is 25.4 Å². The number of benzene rings is 1. The van der Waals surface area contributed by atoms with Crippen LogP contribution in [0.15, 0.2) is 58.7 Å². The van der Waals surface area contributed by atoms with Crippen molar-refractivity contribution in [3.05, 3.63) is 54.4 Å². The normalized spacial score (nSPS) is 18.1. The highest BCUT2D eigenvalue weighted by molar-refractivity contribution is 7.99. The molecule has 0 radical (unpaired) electrons. The van der Waals surface area contributed by atoms with E-state index in [1.54, 1.807) is 4.52 Å². The number of anilines is 3. The van der Waals surface area contributed by atoms with Crippen LogP contribution in [0.4, 0.5) is 17.3 Å². The highest BCUT2D eigenvalue weighted by Gasteiger charge is 2.33. The standard InChI is InChI=1S/C27H34N8O3S/c1-17-12-23(32-31-17)29-25-20-6-5-11-35(20)33-26(30-25)39-19-9-7-18(8-10-19)28-24(37)15-34-13-21(36)22(14-34)38-16-27(2,3)4/h5-12,21-22,36H,13-16H2,1-4H3,(H,28,37)(H2,29,30,31,32,33)/t21-,22-/m1/s1. The molecule has 1 aromatic carbocycles. The minimum Gasteiger partial charge on any atom is -0.389 e. The number of carbonyl (C=O) groups excluding carboxylic acids is 1. The van der Waals surface area contributed by atoms with E-state index in [9.17, 15) is 9.90 Å². The number of aromatic amines is 1. The van der Waals surface area contributed by atoms with Crippen LogP contribution in [-0.4, -0.2) is 79.2 Å². The Hall–Kier alpha value is -3.45. The van der Waals surface area contributed by atoms with Crippen molar-refractivity contribution in [2.75, 3.05) is 36.9 Å². The quantitative estimate of drug-likeness (QED) is 0.246. The van der Waals surface area contributed by atoms with Gasteiger partial charge < -0.3 is 20.5 Å². The lowest BCUT2D eigenvalue weighted by Gasteiger charge is -2.23. The van der Waals surface area contributed by atoms with E-state index in [-0.39, 0.29) is 24.0 Å². The minimum absolute atomic E-state index is 0.0224. The van der Waals surface area contributed by atoms with Gasteiger partial charge in [-0.25, -0.2) is 9.50 Å². The van der Waals surface area contributed by atoms with Gasteiger partial charge in [-0.05, 0) is 60.5 Å². The van der Waals surface area contributed by atoms with Gasteiger partial charge in [0.2, 0.25) is 11.1 Å². The molecule has 1 aliphatic rings. The number of rotatable bonds is 9. The molecule has 2 atom stereocenters. The van der Waals surface area contributed by atoms with Gasteiger partial charge in [0, 0.05) is 41.6 Å². The number of aromatic nitrogens is 5. The minimum atomic E-state index is -0.594. The van der Waals surface area contributed by atoms with Crippen LogP contribution in [0.25, 0.3) is 5.52 Å². The van der Waals surface area contributed by atoms with Gasteiger partial charge in [-0.3, -0.25) is 14.8 Å². The van der Waals surface area contributed by atoms with Gasteiger partial charge in [0.1, 0.15) is 5.52 Å². The maximum Gasteiger partial charge on any atom is 0.238 e. The van der Waals surface area contributed by atoms with Gasteiger partial charge in [0.25, 0.3) is 0 Å². The van der Waals surface area contributed by atoms with Crippen LogP contribution in [0.5, 0.6) is 0 Å². The third-order valence-electron chi connectivity index (χ3n) is 6.08. The number of fused-ring (bicyclic) bond motifs is 1. The zero-order valence-corrected chi connectivity index (χ0v) is 23.3. The number of aliphatic hydroxyl groups is 1. The number of aliphatic hydroxyl groups excluding tert-OH is 1. The second-order valence-corrected chi connectivity index (χ2v) is 12.0. The molecule has 0 saturated carbocycles. The van der Waals surface area contributed by atoms with Gasteiger partial charge >= 0.3 is 0 Å². The zero-order valence-electron chi connectivity index (χ0n) is 22.5. The van der Waals surface area contributed by atoms with E-state index in [4.69, 9.17) is 9.72 Å². The Bertz CT molecular complexity index is 1430. The molecule has 1 aliphatic heterocycles. The molecular formula is C27H34N8O3S. The van der Waals surface area contributed by atoms with Crippen LogP contribution in [-0.2, 0) is 9.53 Å². The molecule has 0 bridgehead atoms. The molecule has 4 heterocycles. The molecule has 3 aromatic heterocycles. The summed E-state index contributed by atoms with van der Waals surface area (Å²) in [5, 5.41) is 28.8. The van der Waals surface area contributed by atoms with E-state index >= 15 is 0 Å². The first kappa shape index (κ1) is 27.1. The smallest absolute Gasteiger partial charge is 0.238 e. The lowest BCUT2D eigenvalue weighted by molar-refractivity contribution is -0.117. The van der Waals surface area contributed by atoms with Crippen molar-refractivity contribution in [3.63, 3.8) is 0 Å². The number of hydrogen-bond acceptors (Lipinski definition) is 9. The summed E-state index contributed by atoms with van der Waals surface area (Å²) in [6.07, 6.45) is 1.00. The predicted molar refractivity (Wildman–Crippen MR) is 150 cm³/mol. The molecule has 0 spiro atoms. The summed E-state index contributed by atoms with van der Waals surface area (Å²) >= 11 is 1.42. The molecule has 1 amide bonds. The molecule has 0 unspecified atom stereocenters. The Morgan fingerprint density at radius 3 is 2.74 bits per heavy atom. The van der Waals surface area contributed by atoms with Gasteiger partial charge in [-0.1, -0.05) is 20.8 Å². The van der Waals surface area contributed by atoms with Crippen molar-refractivity contribution in [1.82, 2.24) is 29.7 Å². The lowest BCUT2D eigenvalue weighted by Crippen LogP contribution is -2.33. The van der Waals surface area contributed by atoms with Crippen LogP contribution in [0.3, 0.4) is 0 Å². The SMILES string of the molecule is Cc1cc(Nc2nc(Sc3ccc(NC(=O)CN4C[C@@H](O)[C@H](OCC(C)(C)C)C4)cc3)nn3cccc23)n[nH]1. The van der Waals surface area contributed by atoms with E-state index in [0.717, 1.165) is 16.1 Å². The summed E-state index contributed by atoms with van der Waals surface area (Å²) in [7, 11) is 0. The topological polar surface area (TPSA) is 133 Å². The van der Waals surface area contributed by atoms with E-state index in [1.165, 1.54) is 11.8 Å². The average molecular weight is 551 g/mol. The lowest BCUT2D eigenvalue weighted by atomic mass is 9.98. The number of β-amino-alcohol motifs (C(OH)–C–C–N with tert-alkyl or cyclic N) is 1. The molecular weight excluding hydrogens is 516 g/mol. The molecule has 39 heavy (non-hydrogen) atoms. The summed E-state index contributed by atoms with van der Waals surface area (Å²) in [6, 6.07) is 13.3. The van der Waals surface area contributed by atoms with E-state index < -0.39 is 6.10 Å². The summed E-state index contributed by atoms with van der Waals surface area (Å²) in [4.78, 5) is 20.2. The number of aryl methyl sites for hydroxylation is 1. The summed E-state index contributed by atoms with van der Waals surface area (Å²) in [5.74, 6) is 1.21. The van der Waals surface area contributed by atoms with Crippen molar-refractivity contribution in [2.45, 2.75) is 50.0 Å². The molecule has 0 aliphatic carbocycles. The first-order chi connectivity index (χ1) is 18.6. The Morgan fingerprint density at radius 1 is 1.23 bits per heavy atom. The van der Waals surface area contributed by atoms with Crippen LogP contribution >= 0.6 is 11.8 Å². The van der Waals surface area contributed by atoms with Crippen molar-refractivity contribution in [2.24, 2.45) is 5.41 Å². The number of hydrogen-bond donors (Lipinski definition) is 4. The Kier molecular flexibility index (Phi) is 7.89. The van der Waals surface area contributed by atoms with Crippen LogP contribution in [0.2, 0.25) is 0 Å². The second kappa shape index (κ2) is 11.3. The van der Waals surface area contributed by atoms with Crippen molar-refractivity contribution in [3.8, 4) is 0 Å². The number of nitrogens with zero attached hydrogens (tertiary/aromatic N) is 5. The number of carbonyl (C=O) groups is 1. The Labute approximate surface area is 231 Å². The molecule has 1 saturated heterocycles. The molecule has 4 N–H and O–H groups in total. The number of amides is 1. The Balaban J connectivity index is 1.17. The molecule has 12 heteroatoms. The van der Waals surface area contributed by atoms with E-state index in [2.05, 4.69) is 46.7 Å². The van der Waals surface area contributed by atoms with Gasteiger partial charge in [0.15, 0.2) is 11.6 Å². The second-order valence-electron chi connectivity index (χ2n) is 11.0. The third-order valence-corrected chi connectivity index (χ3v) is 6.94. The largest absolute Gasteiger partial charge is 0.389 e. The first-order valence-electron chi connectivity index (χ1n) is 12.9. The fourth-order valence-electron chi connectivity index (χ4n) is 4.25. The predicted octanol–water partition coefficient (Wildman–Crippen LogP) is 3.70. The molecule has 5 rings (SSSR count). The van der Waals surface area contributed by atoms with E-state index in [0.29, 0.717) is 42.2 Å². The maximum atomic E-state index is 12.6. The summed E-state index contributed by atoms with van der Waals surface area (Å²) in [6.45, 7) is 9.92. The molecule has 1 fully saturated rings. The first-order valence-corrected chi connectivity index (χ1v) is 13.7. The number of H-pyrrole nitrogens is 1. The van der Waals surface area contributed by atoms with Crippen molar-refractivity contribution >= 4 is 40.5 Å². The number of likely N-dealkylation sites (tertiary alicyclic amines) is 1. The highest BCUT2D eigenvalue weighted by atomic mass is 32.2. The molecule has 11 nitrogen and oxygen atoms in total.